The summed E-state index contributed by atoms with van der Waals surface area (Å²) in [5.41, 5.74) is 1.02. The first-order chi connectivity index (χ1) is 10.2. The predicted octanol–water partition coefficient (Wildman–Crippen LogP) is 4.40. The van der Waals surface area contributed by atoms with E-state index in [0.29, 0.717) is 16.5 Å². The highest BCUT2D eigenvalue weighted by Gasteiger charge is 2.20. The maximum Gasteiger partial charge on any atom is 0.358 e. The number of para-hydroxylation sites is 1. The Morgan fingerprint density at radius 2 is 1.90 bits per heavy atom. The number of ether oxygens (including phenoxy) is 2. The summed E-state index contributed by atoms with van der Waals surface area (Å²) in [6, 6.07) is 14.5. The smallest absolute Gasteiger partial charge is 0.358 e. The van der Waals surface area contributed by atoms with Gasteiger partial charge in [0.2, 0.25) is 0 Å². The van der Waals surface area contributed by atoms with Crippen LogP contribution in [0.3, 0.4) is 0 Å². The van der Waals surface area contributed by atoms with Gasteiger partial charge in [-0.3, -0.25) is 0 Å². The van der Waals surface area contributed by atoms with Gasteiger partial charge < -0.3 is 14.5 Å². The van der Waals surface area contributed by atoms with Crippen LogP contribution in [-0.4, -0.2) is 18.1 Å². The molecule has 0 saturated carbocycles. The molecule has 0 radical (unpaired) electrons. The highest BCUT2D eigenvalue weighted by molar-refractivity contribution is 6.31. The van der Waals surface area contributed by atoms with Crippen molar-refractivity contribution >= 4 is 28.5 Å². The highest BCUT2D eigenvalue weighted by atomic mass is 35.5. The zero-order valence-corrected chi connectivity index (χ0v) is 12.0. The number of hydrogen-bond donors (Lipinski definition) is 1. The predicted molar refractivity (Wildman–Crippen MR) is 81.2 cm³/mol. The van der Waals surface area contributed by atoms with E-state index in [4.69, 9.17) is 21.1 Å². The van der Waals surface area contributed by atoms with Gasteiger partial charge in [0.1, 0.15) is 5.75 Å². The van der Waals surface area contributed by atoms with Gasteiger partial charge in [-0.05, 0) is 30.3 Å². The molecule has 0 aliphatic heterocycles. The maximum absolute atomic E-state index is 11.9. The molecule has 0 bridgehead atoms. The Hall–Kier alpha value is -2.46. The Morgan fingerprint density at radius 1 is 1.14 bits per heavy atom. The van der Waals surface area contributed by atoms with Crippen LogP contribution in [0.1, 0.15) is 10.5 Å². The molecule has 0 unspecified atom stereocenters. The van der Waals surface area contributed by atoms with Gasteiger partial charge in [0, 0.05) is 10.4 Å². The van der Waals surface area contributed by atoms with E-state index >= 15 is 0 Å². The highest BCUT2D eigenvalue weighted by Crippen LogP contribution is 2.35. The minimum Gasteiger partial charge on any atom is -0.464 e. The summed E-state index contributed by atoms with van der Waals surface area (Å²) in [6.07, 6.45) is 0. The fourth-order valence-electron chi connectivity index (χ4n) is 2.10. The monoisotopic (exact) mass is 301 g/mol. The van der Waals surface area contributed by atoms with E-state index in [0.717, 1.165) is 10.9 Å². The number of H-pyrrole nitrogens is 1. The van der Waals surface area contributed by atoms with Crippen molar-refractivity contribution in [1.82, 2.24) is 4.98 Å². The van der Waals surface area contributed by atoms with Gasteiger partial charge in [0.25, 0.3) is 0 Å². The van der Waals surface area contributed by atoms with Crippen molar-refractivity contribution < 1.29 is 14.3 Å². The Balaban J connectivity index is 2.17. The molecule has 1 aromatic heterocycles. The number of halogens is 1. The van der Waals surface area contributed by atoms with Crippen molar-refractivity contribution in [2.45, 2.75) is 0 Å². The molecule has 0 saturated heterocycles. The lowest BCUT2D eigenvalue weighted by atomic mass is 10.2. The molecule has 1 heterocycles. The molecule has 0 atom stereocenters. The summed E-state index contributed by atoms with van der Waals surface area (Å²) < 4.78 is 10.6. The van der Waals surface area contributed by atoms with Crippen LogP contribution < -0.4 is 4.74 Å². The van der Waals surface area contributed by atoms with Gasteiger partial charge in [-0.2, -0.15) is 0 Å². The van der Waals surface area contributed by atoms with E-state index in [9.17, 15) is 4.79 Å². The molecular formula is C16H12ClNO3. The van der Waals surface area contributed by atoms with Gasteiger partial charge in [-0.1, -0.05) is 29.8 Å². The number of methoxy groups -OCH3 is 1. The first-order valence-corrected chi connectivity index (χ1v) is 6.69. The number of carbonyl (C=O) groups is 1. The van der Waals surface area contributed by atoms with Gasteiger partial charge in [-0.15, -0.1) is 0 Å². The summed E-state index contributed by atoms with van der Waals surface area (Å²) >= 11 is 6.03. The number of nitrogens with one attached hydrogen (secondary N) is 1. The molecule has 0 fully saturated rings. The van der Waals surface area contributed by atoms with Gasteiger partial charge in [0.05, 0.1) is 12.6 Å². The third-order valence-electron chi connectivity index (χ3n) is 3.07. The quantitative estimate of drug-likeness (QED) is 0.729. The summed E-state index contributed by atoms with van der Waals surface area (Å²) in [4.78, 5) is 14.9. The SMILES string of the molecule is COC(=O)c1[nH]c2ccc(Cl)cc2c1Oc1ccccc1. The van der Waals surface area contributed by atoms with Gasteiger partial charge >= 0.3 is 5.97 Å². The van der Waals surface area contributed by atoms with Crippen molar-refractivity contribution in [3.8, 4) is 11.5 Å². The van der Waals surface area contributed by atoms with Crippen LogP contribution in [0.5, 0.6) is 11.5 Å². The van der Waals surface area contributed by atoms with E-state index in [1.807, 2.05) is 30.3 Å². The first kappa shape index (κ1) is 13.5. The largest absolute Gasteiger partial charge is 0.464 e. The Bertz CT molecular complexity index is 796. The van der Waals surface area contributed by atoms with E-state index in [1.54, 1.807) is 18.2 Å². The maximum atomic E-state index is 11.9. The van der Waals surface area contributed by atoms with Crippen LogP contribution in [0.25, 0.3) is 10.9 Å². The lowest BCUT2D eigenvalue weighted by Crippen LogP contribution is -2.03. The van der Waals surface area contributed by atoms with E-state index < -0.39 is 5.97 Å². The van der Waals surface area contributed by atoms with E-state index in [-0.39, 0.29) is 5.69 Å². The van der Waals surface area contributed by atoms with Crippen LogP contribution in [0.2, 0.25) is 5.02 Å². The minimum absolute atomic E-state index is 0.263. The molecule has 1 N–H and O–H groups in total. The van der Waals surface area contributed by atoms with Crippen LogP contribution in [-0.2, 0) is 4.74 Å². The number of fused-ring (bicyclic) bond motifs is 1. The van der Waals surface area contributed by atoms with Crippen LogP contribution >= 0.6 is 11.6 Å². The summed E-state index contributed by atoms with van der Waals surface area (Å²) in [6.45, 7) is 0. The fourth-order valence-corrected chi connectivity index (χ4v) is 2.27. The third kappa shape index (κ3) is 2.58. The van der Waals surface area contributed by atoms with Gasteiger partial charge in [-0.25, -0.2) is 4.79 Å². The number of rotatable bonds is 3. The molecule has 4 nitrogen and oxygen atoms in total. The average Bonchev–Trinajstić information content (AvgIpc) is 2.86. The molecule has 2 aromatic carbocycles. The summed E-state index contributed by atoms with van der Waals surface area (Å²) in [5, 5.41) is 1.29. The lowest BCUT2D eigenvalue weighted by Gasteiger charge is -2.06. The third-order valence-corrected chi connectivity index (χ3v) is 3.30. The molecular weight excluding hydrogens is 290 g/mol. The summed E-state index contributed by atoms with van der Waals surface area (Å²) in [7, 11) is 1.33. The fraction of sp³-hybridized carbons (Fsp3) is 0.0625. The Labute approximate surface area is 126 Å². The number of esters is 1. The normalized spacial score (nSPS) is 10.6. The molecule has 3 aromatic rings. The summed E-state index contributed by atoms with van der Waals surface area (Å²) in [5.74, 6) is 0.544. The second kappa shape index (κ2) is 5.50. The number of hydrogen-bond acceptors (Lipinski definition) is 3. The molecule has 3 rings (SSSR count). The topological polar surface area (TPSA) is 51.3 Å². The lowest BCUT2D eigenvalue weighted by molar-refractivity contribution is 0.0592. The van der Waals surface area contributed by atoms with Crippen LogP contribution in [0.15, 0.2) is 48.5 Å². The average molecular weight is 302 g/mol. The molecule has 106 valence electrons. The van der Waals surface area contributed by atoms with Crippen molar-refractivity contribution in [2.24, 2.45) is 0 Å². The number of aromatic nitrogens is 1. The Morgan fingerprint density at radius 3 is 2.62 bits per heavy atom. The van der Waals surface area contributed by atoms with Crippen LogP contribution in [0, 0.1) is 0 Å². The van der Waals surface area contributed by atoms with Crippen molar-refractivity contribution in [3.63, 3.8) is 0 Å². The number of benzene rings is 2. The minimum atomic E-state index is -0.492. The molecule has 5 heteroatoms. The number of aromatic amines is 1. The Kier molecular flexibility index (Phi) is 3.54. The molecule has 0 amide bonds. The van der Waals surface area contributed by atoms with Gasteiger partial charge in [0.15, 0.2) is 11.4 Å². The zero-order chi connectivity index (χ0) is 14.8. The van der Waals surface area contributed by atoms with E-state index in [2.05, 4.69) is 4.98 Å². The van der Waals surface area contributed by atoms with Crippen molar-refractivity contribution in [3.05, 3.63) is 59.2 Å². The number of carbonyl (C=O) groups excluding carboxylic acids is 1. The van der Waals surface area contributed by atoms with Crippen LogP contribution in [0.4, 0.5) is 0 Å². The molecule has 0 spiro atoms. The molecule has 21 heavy (non-hydrogen) atoms. The second-order valence-electron chi connectivity index (χ2n) is 4.43. The van der Waals surface area contributed by atoms with E-state index in [1.165, 1.54) is 7.11 Å². The molecule has 0 aliphatic rings. The molecule has 0 aliphatic carbocycles. The second-order valence-corrected chi connectivity index (χ2v) is 4.86. The van der Waals surface area contributed by atoms with Crippen molar-refractivity contribution in [2.75, 3.05) is 7.11 Å². The van der Waals surface area contributed by atoms with Crippen molar-refractivity contribution in [1.29, 1.82) is 0 Å². The first-order valence-electron chi connectivity index (χ1n) is 6.31. The zero-order valence-electron chi connectivity index (χ0n) is 11.2. The standard InChI is InChI=1S/C16H12ClNO3/c1-20-16(19)14-15(21-11-5-3-2-4-6-11)12-9-10(17)7-8-13(12)18-14/h2-9,18H,1H3.